The van der Waals surface area contributed by atoms with Crippen molar-refractivity contribution in [1.29, 1.82) is 0 Å². The maximum Gasteiger partial charge on any atom is 0.260 e. The van der Waals surface area contributed by atoms with Crippen LogP contribution in [0, 0.1) is 13.8 Å². The van der Waals surface area contributed by atoms with Gasteiger partial charge in [0.25, 0.3) is 11.1 Å². The highest BCUT2D eigenvalue weighted by atomic mass is 16.6. The number of nitrogens with one attached hydrogen (secondary N) is 4. The molecule has 0 bridgehead atoms. The minimum absolute atomic E-state index is 0.0230. The molecule has 380 valence electrons. The molecule has 2 aliphatic carbocycles. The van der Waals surface area contributed by atoms with Crippen LogP contribution in [0.4, 0.5) is 34.9 Å². The molecule has 2 saturated heterocycles. The summed E-state index contributed by atoms with van der Waals surface area (Å²) < 4.78 is 3.89. The zero-order valence-corrected chi connectivity index (χ0v) is 42.5. The number of anilines is 6. The quantitative estimate of drug-likeness (QED) is 0.0635. The molecule has 0 unspecified atom stereocenters. The van der Waals surface area contributed by atoms with E-state index >= 15 is 0 Å². The molecule has 2 saturated carbocycles. The number of hydrogen-bond donors (Lipinski definition) is 4. The molecule has 0 atom stereocenters. The van der Waals surface area contributed by atoms with E-state index in [-0.39, 0.29) is 23.2 Å². The van der Waals surface area contributed by atoms with E-state index in [4.69, 9.17) is 9.68 Å². The first-order valence-electron chi connectivity index (χ1n) is 25.7. The number of hydrogen-bond acceptors (Lipinski definition) is 18. The molecule has 2 aliphatic heterocycles. The van der Waals surface area contributed by atoms with Crippen LogP contribution >= 0.6 is 0 Å². The van der Waals surface area contributed by atoms with Crippen LogP contribution < -0.4 is 42.2 Å². The first-order valence-corrected chi connectivity index (χ1v) is 25.7. The van der Waals surface area contributed by atoms with Gasteiger partial charge >= 0.3 is 0 Å². The van der Waals surface area contributed by atoms with E-state index in [1.165, 1.54) is 0 Å². The largest absolute Gasteiger partial charge is 0.396 e. The lowest BCUT2D eigenvalue weighted by Crippen LogP contribution is -2.43. The number of pyridine rings is 4. The number of fused-ring (bicyclic) bond motifs is 2. The lowest BCUT2D eigenvalue weighted by molar-refractivity contribution is 0.159. The molecule has 8 heterocycles. The molecule has 6 aromatic heterocycles. The molecular formula is C52H68N16O4. The first-order chi connectivity index (χ1) is 35.1. The number of oxime groups is 2. The number of aromatic nitrogens is 8. The number of piperazine rings is 2. The summed E-state index contributed by atoms with van der Waals surface area (Å²) >= 11 is 0. The Morgan fingerprint density at radius 3 is 1.29 bits per heavy atom. The molecule has 6 aromatic rings. The van der Waals surface area contributed by atoms with Crippen LogP contribution in [0.15, 0.2) is 69.2 Å². The van der Waals surface area contributed by atoms with Crippen molar-refractivity contribution >= 4 is 68.1 Å². The topological polar surface area (TPSA) is 219 Å². The van der Waals surface area contributed by atoms with E-state index < -0.39 is 0 Å². The highest BCUT2D eigenvalue weighted by Crippen LogP contribution is 2.35. The fourth-order valence-electron chi connectivity index (χ4n) is 10.5. The average molecular weight is 981 g/mol. The third-order valence-corrected chi connectivity index (χ3v) is 14.1. The van der Waals surface area contributed by atoms with Crippen LogP contribution in [0.25, 0.3) is 21.8 Å². The minimum atomic E-state index is -0.0230. The standard InChI is InChI=1S/2C26H34N8O2/c2*1-4-36-32-18(3)25-17(2)20-14-28-22(13-21(20)34(26(25)35)19-7-5-6-8-19)31-23-15-30-24(16-29-23)33-11-9-27-10-12-33/h2*13-16,19,27H,4-12H2,1-3H3,(H,28,29,31)/b32-18+;32-18-. The summed E-state index contributed by atoms with van der Waals surface area (Å²) in [6.45, 7) is 19.7. The van der Waals surface area contributed by atoms with Gasteiger partial charge in [-0.25, -0.2) is 29.9 Å². The van der Waals surface area contributed by atoms with Gasteiger partial charge in [0, 0.05) is 99.7 Å². The fraction of sp³-hybridized carbons (Fsp3) is 0.500. The summed E-state index contributed by atoms with van der Waals surface area (Å²) in [4.78, 5) is 70.2. The summed E-state index contributed by atoms with van der Waals surface area (Å²) in [6.07, 6.45) is 19.2. The third-order valence-electron chi connectivity index (χ3n) is 14.1. The molecule has 0 spiro atoms. The Balaban J connectivity index is 0.000000178. The van der Waals surface area contributed by atoms with Crippen LogP contribution in [0.3, 0.4) is 0 Å². The minimum Gasteiger partial charge on any atom is -0.396 e. The molecule has 10 rings (SSSR count). The lowest BCUT2D eigenvalue weighted by Gasteiger charge is -2.28. The summed E-state index contributed by atoms with van der Waals surface area (Å²) in [6, 6.07) is 4.22. The van der Waals surface area contributed by atoms with Crippen molar-refractivity contribution in [2.75, 3.05) is 86.0 Å². The summed E-state index contributed by atoms with van der Waals surface area (Å²) in [5.74, 6) is 4.23. The highest BCUT2D eigenvalue weighted by Gasteiger charge is 2.27. The molecule has 0 amide bonds. The maximum absolute atomic E-state index is 13.8. The van der Waals surface area contributed by atoms with Crippen molar-refractivity contribution in [2.24, 2.45) is 10.3 Å². The Morgan fingerprint density at radius 1 is 0.569 bits per heavy atom. The summed E-state index contributed by atoms with van der Waals surface area (Å²) in [5, 5.41) is 23.5. The second kappa shape index (κ2) is 23.0. The van der Waals surface area contributed by atoms with E-state index in [9.17, 15) is 9.59 Å². The van der Waals surface area contributed by atoms with Gasteiger partial charge in [0.2, 0.25) is 0 Å². The van der Waals surface area contributed by atoms with Crippen molar-refractivity contribution < 1.29 is 9.68 Å². The van der Waals surface area contributed by atoms with Crippen molar-refractivity contribution in [1.82, 2.24) is 49.7 Å². The molecule has 0 radical (unpaired) electrons. The van der Waals surface area contributed by atoms with Crippen LogP contribution in [-0.2, 0) is 9.68 Å². The molecule has 4 N–H and O–H groups in total. The van der Waals surface area contributed by atoms with E-state index in [0.29, 0.717) is 59.0 Å². The van der Waals surface area contributed by atoms with Crippen molar-refractivity contribution in [3.8, 4) is 0 Å². The van der Waals surface area contributed by atoms with Crippen LogP contribution in [0.5, 0.6) is 0 Å². The Bertz CT molecular complexity index is 2820. The van der Waals surface area contributed by atoms with Gasteiger partial charge in [0.15, 0.2) is 0 Å². The SMILES string of the molecule is CCO/N=C(/C)c1c(C)c2cnc(Nc3cnc(N4CCNCC4)cn3)cc2n(C2CCCC2)c1=O.CCO/N=C(\C)c1c(C)c2cnc(Nc3cnc(N4CCNCC4)cn3)cc2n(C2CCCC2)c1=O. The zero-order valence-electron chi connectivity index (χ0n) is 42.5. The fourth-order valence-corrected chi connectivity index (χ4v) is 10.5. The predicted octanol–water partition coefficient (Wildman–Crippen LogP) is 7.05. The molecule has 0 aromatic carbocycles. The number of aryl methyl sites for hydroxylation is 2. The summed E-state index contributed by atoms with van der Waals surface area (Å²) in [7, 11) is 0. The Labute approximate surface area is 419 Å². The van der Waals surface area contributed by atoms with Gasteiger partial charge < -0.3 is 49.9 Å². The monoisotopic (exact) mass is 981 g/mol. The summed E-state index contributed by atoms with van der Waals surface area (Å²) in [5.41, 5.74) is 5.81. The third kappa shape index (κ3) is 10.9. The van der Waals surface area contributed by atoms with E-state index in [0.717, 1.165) is 148 Å². The normalized spacial score (nSPS) is 17.1. The van der Waals surface area contributed by atoms with Crippen LogP contribution in [0.2, 0.25) is 0 Å². The number of nitrogens with zero attached hydrogens (tertiary/aromatic N) is 12. The van der Waals surface area contributed by atoms with Gasteiger partial charge in [0.05, 0.1) is 58.4 Å². The van der Waals surface area contributed by atoms with Gasteiger partial charge in [-0.2, -0.15) is 0 Å². The van der Waals surface area contributed by atoms with E-state index in [1.54, 1.807) is 24.8 Å². The maximum atomic E-state index is 13.8. The molecular weight excluding hydrogens is 913 g/mol. The van der Waals surface area contributed by atoms with Gasteiger partial charge in [-0.1, -0.05) is 36.0 Å². The molecule has 4 fully saturated rings. The number of rotatable bonds is 14. The Morgan fingerprint density at radius 2 is 0.944 bits per heavy atom. The van der Waals surface area contributed by atoms with E-state index in [2.05, 4.69) is 71.3 Å². The zero-order chi connectivity index (χ0) is 50.1. The van der Waals surface area contributed by atoms with Crippen LogP contribution in [0.1, 0.15) is 113 Å². The first kappa shape index (κ1) is 49.9. The average Bonchev–Trinajstić information content (AvgIpc) is 4.15. The molecule has 4 aliphatic rings. The predicted molar refractivity (Wildman–Crippen MR) is 285 cm³/mol. The van der Waals surface area contributed by atoms with Gasteiger partial charge in [-0.3, -0.25) is 9.59 Å². The van der Waals surface area contributed by atoms with Gasteiger partial charge in [-0.05, 0) is 78.4 Å². The molecule has 20 nitrogen and oxygen atoms in total. The van der Waals surface area contributed by atoms with Crippen LogP contribution in [-0.4, -0.2) is 116 Å². The second-order valence-corrected chi connectivity index (χ2v) is 18.8. The van der Waals surface area contributed by atoms with Gasteiger partial charge in [0.1, 0.15) is 48.1 Å². The smallest absolute Gasteiger partial charge is 0.260 e. The molecule has 20 heteroatoms. The Hall–Kier alpha value is -7.06. The van der Waals surface area contributed by atoms with Gasteiger partial charge in [-0.15, -0.1) is 0 Å². The lowest BCUT2D eigenvalue weighted by atomic mass is 10.0. The van der Waals surface area contributed by atoms with Crippen molar-refractivity contribution in [2.45, 2.75) is 105 Å². The van der Waals surface area contributed by atoms with Crippen molar-refractivity contribution in [3.05, 3.63) is 92.3 Å². The molecule has 72 heavy (non-hydrogen) atoms. The van der Waals surface area contributed by atoms with E-state index in [1.807, 2.05) is 75.2 Å². The Kier molecular flexibility index (Phi) is 15.9. The van der Waals surface area contributed by atoms with Crippen molar-refractivity contribution in [3.63, 3.8) is 0 Å². The highest BCUT2D eigenvalue weighted by molar-refractivity contribution is 6.04. The second-order valence-electron chi connectivity index (χ2n) is 18.8.